The number of rotatable bonds is 4. The van der Waals surface area contributed by atoms with Crippen molar-refractivity contribution in [3.63, 3.8) is 0 Å². The number of ether oxygens (including phenoxy) is 1. The predicted molar refractivity (Wildman–Crippen MR) is 94.3 cm³/mol. The number of alkyl halides is 3. The molecule has 160 valence electrons. The molecule has 0 aliphatic carbocycles. The van der Waals surface area contributed by atoms with Gasteiger partial charge in [-0.15, -0.1) is 0 Å². The number of ketones is 1. The molecule has 0 aromatic heterocycles. The highest BCUT2D eigenvalue weighted by molar-refractivity contribution is 6.00. The Bertz CT molecular complexity index is 980. The molecule has 7 nitrogen and oxygen atoms in total. The Morgan fingerprint density at radius 2 is 1.80 bits per heavy atom. The molecular weight excluding hydrogens is 412 g/mol. The number of Topliss-reactive ketones (excluding diaryl/α,β-unsaturated/α-hetero) is 1. The SMILES string of the molecule is COc1cc(C2NC(=O)NC(O)(C(F)(F)F)C2C(=O)c2ccc(F)cc2)ccc1O. The van der Waals surface area contributed by atoms with Gasteiger partial charge in [0.05, 0.1) is 13.2 Å². The summed E-state index contributed by atoms with van der Waals surface area (Å²) in [7, 11) is 1.20. The van der Waals surface area contributed by atoms with Crippen LogP contribution in [0.2, 0.25) is 0 Å². The van der Waals surface area contributed by atoms with Gasteiger partial charge in [0.25, 0.3) is 0 Å². The van der Waals surface area contributed by atoms with Crippen LogP contribution in [0.25, 0.3) is 0 Å². The van der Waals surface area contributed by atoms with Crippen molar-refractivity contribution in [1.82, 2.24) is 10.6 Å². The molecule has 3 rings (SSSR count). The number of phenolic OH excluding ortho intramolecular Hbond substituents is 1. The van der Waals surface area contributed by atoms with Gasteiger partial charge in [-0.05, 0) is 42.0 Å². The van der Waals surface area contributed by atoms with E-state index in [9.17, 15) is 37.4 Å². The average molecular weight is 428 g/mol. The Balaban J connectivity index is 2.18. The molecular formula is C19H16F4N2O5. The zero-order chi connectivity index (χ0) is 22.3. The fraction of sp³-hybridized carbons (Fsp3) is 0.263. The van der Waals surface area contributed by atoms with Gasteiger partial charge in [-0.1, -0.05) is 6.07 Å². The third kappa shape index (κ3) is 3.63. The van der Waals surface area contributed by atoms with Gasteiger partial charge >= 0.3 is 12.2 Å². The van der Waals surface area contributed by atoms with Crippen LogP contribution in [-0.4, -0.2) is 41.0 Å². The Morgan fingerprint density at radius 1 is 1.17 bits per heavy atom. The molecule has 0 spiro atoms. The van der Waals surface area contributed by atoms with Crippen molar-refractivity contribution in [2.75, 3.05) is 7.11 Å². The van der Waals surface area contributed by atoms with Crippen LogP contribution in [-0.2, 0) is 0 Å². The van der Waals surface area contributed by atoms with Gasteiger partial charge < -0.3 is 25.6 Å². The van der Waals surface area contributed by atoms with Crippen molar-refractivity contribution in [3.05, 3.63) is 59.4 Å². The number of aromatic hydroxyl groups is 1. The minimum Gasteiger partial charge on any atom is -0.504 e. The van der Waals surface area contributed by atoms with Crippen molar-refractivity contribution in [2.24, 2.45) is 5.92 Å². The summed E-state index contributed by atoms with van der Waals surface area (Å²) in [6.07, 6.45) is -5.43. The number of urea groups is 1. The highest BCUT2D eigenvalue weighted by Gasteiger charge is 2.66. The standard InChI is InChI=1S/C19H16F4N2O5/c1-30-13-8-10(4-7-12(13)26)15-14(16(27)9-2-5-11(20)6-3-9)18(29,19(21,22)23)25-17(28)24-15/h2-8,14-15,26,29H,1H3,(H2,24,25,28). The number of carbonyl (C=O) groups excluding carboxylic acids is 2. The van der Waals surface area contributed by atoms with E-state index in [1.54, 1.807) is 0 Å². The quantitative estimate of drug-likeness (QED) is 0.443. The number of nitrogens with one attached hydrogen (secondary N) is 2. The van der Waals surface area contributed by atoms with E-state index in [4.69, 9.17) is 4.74 Å². The summed E-state index contributed by atoms with van der Waals surface area (Å²) in [6, 6.07) is 4.10. The summed E-state index contributed by atoms with van der Waals surface area (Å²) in [5, 5.41) is 23.8. The van der Waals surface area contributed by atoms with E-state index in [-0.39, 0.29) is 22.6 Å². The maximum absolute atomic E-state index is 13.8. The molecule has 11 heteroatoms. The largest absolute Gasteiger partial charge is 0.504 e. The number of benzene rings is 2. The topological polar surface area (TPSA) is 108 Å². The first-order chi connectivity index (χ1) is 14.0. The van der Waals surface area contributed by atoms with E-state index < -0.39 is 41.5 Å². The molecule has 1 aliphatic heterocycles. The highest BCUT2D eigenvalue weighted by Crippen LogP contribution is 2.45. The first kappa shape index (κ1) is 21.4. The van der Waals surface area contributed by atoms with Crippen LogP contribution >= 0.6 is 0 Å². The molecule has 0 saturated carbocycles. The van der Waals surface area contributed by atoms with Crippen molar-refractivity contribution >= 4 is 11.8 Å². The Morgan fingerprint density at radius 3 is 2.37 bits per heavy atom. The fourth-order valence-electron chi connectivity index (χ4n) is 3.30. The lowest BCUT2D eigenvalue weighted by Gasteiger charge is -2.45. The molecule has 1 aliphatic rings. The molecule has 0 bridgehead atoms. The summed E-state index contributed by atoms with van der Waals surface area (Å²) in [4.78, 5) is 25.0. The Labute approximate surface area is 167 Å². The van der Waals surface area contributed by atoms with Crippen LogP contribution in [0.15, 0.2) is 42.5 Å². The van der Waals surface area contributed by atoms with Gasteiger partial charge in [-0.25, -0.2) is 9.18 Å². The molecule has 1 fully saturated rings. The fourth-order valence-corrected chi connectivity index (χ4v) is 3.30. The molecule has 1 heterocycles. The maximum atomic E-state index is 13.8. The minimum atomic E-state index is -5.43. The van der Waals surface area contributed by atoms with E-state index in [1.165, 1.54) is 18.5 Å². The van der Waals surface area contributed by atoms with Crippen LogP contribution < -0.4 is 15.4 Å². The third-order valence-electron chi connectivity index (χ3n) is 4.78. The number of aliphatic hydroxyl groups is 1. The summed E-state index contributed by atoms with van der Waals surface area (Å²) < 4.78 is 59.6. The zero-order valence-electron chi connectivity index (χ0n) is 15.3. The second-order valence-corrected chi connectivity index (χ2v) is 6.62. The predicted octanol–water partition coefficient (Wildman–Crippen LogP) is 2.64. The lowest BCUT2D eigenvalue weighted by Crippen LogP contribution is -2.72. The van der Waals surface area contributed by atoms with E-state index in [0.29, 0.717) is 0 Å². The molecule has 1 saturated heterocycles. The van der Waals surface area contributed by atoms with Gasteiger partial charge in [0.15, 0.2) is 17.3 Å². The van der Waals surface area contributed by atoms with Crippen LogP contribution in [0.5, 0.6) is 11.5 Å². The smallest absolute Gasteiger partial charge is 0.437 e. The number of hydrogen-bond donors (Lipinski definition) is 4. The third-order valence-corrected chi connectivity index (χ3v) is 4.78. The van der Waals surface area contributed by atoms with Gasteiger partial charge in [0, 0.05) is 5.56 Å². The van der Waals surface area contributed by atoms with Crippen molar-refractivity contribution < 1.29 is 42.1 Å². The summed E-state index contributed by atoms with van der Waals surface area (Å²) >= 11 is 0. The number of phenols is 1. The summed E-state index contributed by atoms with van der Waals surface area (Å²) in [5.74, 6) is -4.64. The van der Waals surface area contributed by atoms with Gasteiger partial charge in [0.2, 0.25) is 5.72 Å². The second-order valence-electron chi connectivity index (χ2n) is 6.62. The average Bonchev–Trinajstić information content (AvgIpc) is 2.67. The molecule has 3 atom stereocenters. The second kappa shape index (κ2) is 7.48. The lowest BCUT2D eigenvalue weighted by atomic mass is 9.77. The summed E-state index contributed by atoms with van der Waals surface area (Å²) in [5.41, 5.74) is -4.27. The number of methoxy groups -OCH3 is 1. The molecule has 0 radical (unpaired) electrons. The molecule has 4 N–H and O–H groups in total. The molecule has 2 aromatic rings. The maximum Gasteiger partial charge on any atom is 0.437 e. The van der Waals surface area contributed by atoms with Crippen LogP contribution in [0.4, 0.5) is 22.4 Å². The molecule has 2 aromatic carbocycles. The van der Waals surface area contributed by atoms with Gasteiger partial charge in [0.1, 0.15) is 11.7 Å². The molecule has 3 unspecified atom stereocenters. The van der Waals surface area contributed by atoms with Crippen LogP contribution in [0.1, 0.15) is 22.0 Å². The highest BCUT2D eigenvalue weighted by atomic mass is 19.4. The van der Waals surface area contributed by atoms with E-state index in [1.807, 2.05) is 0 Å². The normalized spacial score (nSPS) is 24.0. The first-order valence-electron chi connectivity index (χ1n) is 8.52. The number of amides is 2. The summed E-state index contributed by atoms with van der Waals surface area (Å²) in [6.45, 7) is 0. The minimum absolute atomic E-state index is 0.0392. The van der Waals surface area contributed by atoms with Gasteiger partial charge in [-0.2, -0.15) is 13.2 Å². The van der Waals surface area contributed by atoms with Gasteiger partial charge in [-0.3, -0.25) is 4.79 Å². The van der Waals surface area contributed by atoms with Crippen molar-refractivity contribution in [3.8, 4) is 11.5 Å². The van der Waals surface area contributed by atoms with E-state index in [2.05, 4.69) is 5.32 Å². The Kier molecular flexibility index (Phi) is 5.33. The van der Waals surface area contributed by atoms with Crippen LogP contribution in [0.3, 0.4) is 0 Å². The zero-order valence-corrected chi connectivity index (χ0v) is 15.3. The van der Waals surface area contributed by atoms with E-state index >= 15 is 0 Å². The number of hydrogen-bond acceptors (Lipinski definition) is 5. The number of halogens is 4. The molecule has 30 heavy (non-hydrogen) atoms. The van der Waals surface area contributed by atoms with Crippen LogP contribution in [0, 0.1) is 11.7 Å². The first-order valence-corrected chi connectivity index (χ1v) is 8.52. The van der Waals surface area contributed by atoms with Crippen molar-refractivity contribution in [2.45, 2.75) is 17.9 Å². The van der Waals surface area contributed by atoms with E-state index in [0.717, 1.165) is 36.4 Å². The number of carbonyl (C=O) groups is 2. The Hall–Kier alpha value is -3.34. The molecule has 2 amide bonds. The monoisotopic (exact) mass is 428 g/mol. The van der Waals surface area contributed by atoms with Crippen molar-refractivity contribution in [1.29, 1.82) is 0 Å². The lowest BCUT2D eigenvalue weighted by molar-refractivity contribution is -0.287.